The van der Waals surface area contributed by atoms with E-state index < -0.39 is 0 Å². The number of nitrogens with two attached hydrogens (primary N) is 2. The number of benzene rings is 1. The van der Waals surface area contributed by atoms with Gasteiger partial charge in [-0.25, -0.2) is 10.8 Å². The summed E-state index contributed by atoms with van der Waals surface area (Å²) in [6.45, 7) is 1.21. The number of carbonyl (C=O) groups is 1. The number of likely N-dealkylation sites (tertiary alicyclic amines) is 1. The van der Waals surface area contributed by atoms with Crippen LogP contribution in [0.15, 0.2) is 36.2 Å². The molecule has 0 spiro atoms. The number of fused-ring (bicyclic) bond motifs is 1. The SMILES string of the molecule is CN1CCCC1c1nc2ccccc2s1.N/C(=C\N(N)C(C=O)C1CCCCC1)C1CC1. The number of hydrogen-bond donors (Lipinski definition) is 2. The van der Waals surface area contributed by atoms with Crippen LogP contribution in [0.25, 0.3) is 10.2 Å². The monoisotopic (exact) mass is 455 g/mol. The Morgan fingerprint density at radius 2 is 1.91 bits per heavy atom. The third-order valence-electron chi connectivity index (χ3n) is 7.08. The minimum atomic E-state index is -0.201. The van der Waals surface area contributed by atoms with Crippen molar-refractivity contribution in [2.24, 2.45) is 23.4 Å². The quantitative estimate of drug-likeness (QED) is 0.376. The van der Waals surface area contributed by atoms with E-state index >= 15 is 0 Å². The summed E-state index contributed by atoms with van der Waals surface area (Å²) < 4.78 is 1.31. The van der Waals surface area contributed by atoms with Gasteiger partial charge in [0.15, 0.2) is 0 Å². The molecule has 2 saturated carbocycles. The van der Waals surface area contributed by atoms with Gasteiger partial charge in [-0.05, 0) is 70.2 Å². The topological polar surface area (TPSA) is 88.5 Å². The number of nitrogens with zero attached hydrogens (tertiary/aromatic N) is 3. The molecule has 1 aliphatic heterocycles. The molecule has 2 atom stereocenters. The third kappa shape index (κ3) is 5.69. The van der Waals surface area contributed by atoms with Gasteiger partial charge in [0.2, 0.25) is 0 Å². The molecular formula is C25H37N5OS. The maximum atomic E-state index is 11.2. The molecule has 0 radical (unpaired) electrons. The van der Waals surface area contributed by atoms with E-state index in [2.05, 4.69) is 36.2 Å². The first-order valence-electron chi connectivity index (χ1n) is 12.1. The number of rotatable bonds is 6. The molecule has 174 valence electrons. The van der Waals surface area contributed by atoms with Crippen LogP contribution in [-0.4, -0.2) is 40.8 Å². The lowest BCUT2D eigenvalue weighted by atomic mass is 9.84. The molecule has 3 fully saturated rings. The number of carbonyl (C=O) groups excluding carboxylic acids is 1. The van der Waals surface area contributed by atoms with Gasteiger partial charge >= 0.3 is 0 Å². The summed E-state index contributed by atoms with van der Waals surface area (Å²) in [7, 11) is 2.20. The third-order valence-corrected chi connectivity index (χ3v) is 8.22. The van der Waals surface area contributed by atoms with Gasteiger partial charge in [0.25, 0.3) is 0 Å². The molecule has 1 aromatic carbocycles. The average molecular weight is 456 g/mol. The van der Waals surface area contributed by atoms with Crippen LogP contribution in [0.3, 0.4) is 0 Å². The molecule has 4 N–H and O–H groups in total. The molecule has 32 heavy (non-hydrogen) atoms. The fraction of sp³-hybridized carbons (Fsp3) is 0.600. The highest BCUT2D eigenvalue weighted by molar-refractivity contribution is 7.18. The lowest BCUT2D eigenvalue weighted by Gasteiger charge is -2.32. The summed E-state index contributed by atoms with van der Waals surface area (Å²) in [4.78, 5) is 18.4. The van der Waals surface area contributed by atoms with E-state index in [-0.39, 0.29) is 6.04 Å². The summed E-state index contributed by atoms with van der Waals surface area (Å²) in [5.74, 6) is 6.87. The normalized spacial score (nSPS) is 23.6. The van der Waals surface area contributed by atoms with Gasteiger partial charge in [0.1, 0.15) is 17.3 Å². The maximum absolute atomic E-state index is 11.2. The van der Waals surface area contributed by atoms with Gasteiger partial charge in [0, 0.05) is 17.8 Å². The highest BCUT2D eigenvalue weighted by atomic mass is 32.1. The number of para-hydroxylation sites is 1. The second-order valence-corrected chi connectivity index (χ2v) is 10.6. The number of allylic oxidation sites excluding steroid dienone is 1. The first-order chi connectivity index (χ1) is 15.6. The number of hydrazine groups is 1. The molecule has 2 unspecified atom stereocenters. The highest BCUT2D eigenvalue weighted by Gasteiger charge is 2.29. The van der Waals surface area contributed by atoms with Crippen molar-refractivity contribution >= 4 is 27.8 Å². The zero-order valence-electron chi connectivity index (χ0n) is 19.2. The second-order valence-electron chi connectivity index (χ2n) is 9.53. The number of hydrogen-bond acceptors (Lipinski definition) is 7. The smallest absolute Gasteiger partial charge is 0.144 e. The highest BCUT2D eigenvalue weighted by Crippen LogP contribution is 2.35. The average Bonchev–Trinajstić information content (AvgIpc) is 3.44. The van der Waals surface area contributed by atoms with Crippen molar-refractivity contribution in [2.45, 2.75) is 69.9 Å². The standard InChI is InChI=1S/C13H23N3O.C12H14N2S/c14-12(10-6-7-10)8-16(15)13(9-17)11-4-2-1-3-5-11;1-14-8-4-6-10(14)12-13-9-5-2-3-7-11(9)15-12/h8-11,13H,1-7,14-15H2;2-3,5,7,10H,4,6,8H2,1H3/b12-8-;. The Morgan fingerprint density at radius 3 is 2.53 bits per heavy atom. The predicted molar refractivity (Wildman–Crippen MR) is 132 cm³/mol. The van der Waals surface area contributed by atoms with Crippen molar-refractivity contribution < 1.29 is 4.79 Å². The predicted octanol–water partition coefficient (Wildman–Crippen LogP) is 4.58. The summed E-state index contributed by atoms with van der Waals surface area (Å²) in [5, 5.41) is 2.83. The molecule has 7 heteroatoms. The first-order valence-corrected chi connectivity index (χ1v) is 12.9. The Morgan fingerprint density at radius 1 is 1.16 bits per heavy atom. The largest absolute Gasteiger partial charge is 0.401 e. The van der Waals surface area contributed by atoms with Crippen LogP contribution >= 0.6 is 11.3 Å². The van der Waals surface area contributed by atoms with Gasteiger partial charge in [-0.1, -0.05) is 31.4 Å². The molecule has 2 aromatic rings. The van der Waals surface area contributed by atoms with E-state index in [0.29, 0.717) is 17.9 Å². The van der Waals surface area contributed by atoms with E-state index in [1.807, 2.05) is 11.3 Å². The van der Waals surface area contributed by atoms with Gasteiger partial charge in [-0.15, -0.1) is 11.3 Å². The van der Waals surface area contributed by atoms with E-state index in [0.717, 1.165) is 43.2 Å². The molecule has 1 saturated heterocycles. The molecule has 1 aromatic heterocycles. The minimum Gasteiger partial charge on any atom is -0.401 e. The van der Waals surface area contributed by atoms with Crippen molar-refractivity contribution in [3.8, 4) is 0 Å². The van der Waals surface area contributed by atoms with E-state index in [4.69, 9.17) is 16.6 Å². The van der Waals surface area contributed by atoms with Crippen LogP contribution in [0.4, 0.5) is 0 Å². The van der Waals surface area contributed by atoms with E-state index in [1.165, 1.54) is 53.4 Å². The van der Waals surface area contributed by atoms with Crippen LogP contribution in [0.1, 0.15) is 68.8 Å². The molecule has 0 amide bonds. The molecule has 3 aliphatic rings. The summed E-state index contributed by atoms with van der Waals surface area (Å²) in [5.41, 5.74) is 7.91. The lowest BCUT2D eigenvalue weighted by Crippen LogP contribution is -2.44. The van der Waals surface area contributed by atoms with Gasteiger partial charge in [-0.3, -0.25) is 4.90 Å². The Kier molecular flexibility index (Phi) is 7.81. The summed E-state index contributed by atoms with van der Waals surface area (Å²) >= 11 is 1.85. The van der Waals surface area contributed by atoms with Crippen molar-refractivity contribution in [3.05, 3.63) is 41.2 Å². The zero-order valence-corrected chi connectivity index (χ0v) is 20.0. The van der Waals surface area contributed by atoms with Crippen LogP contribution in [-0.2, 0) is 4.79 Å². The molecule has 6 nitrogen and oxygen atoms in total. The Bertz CT molecular complexity index is 885. The Labute approximate surface area is 195 Å². The van der Waals surface area contributed by atoms with Crippen LogP contribution in [0.2, 0.25) is 0 Å². The van der Waals surface area contributed by atoms with Gasteiger partial charge in [-0.2, -0.15) is 0 Å². The van der Waals surface area contributed by atoms with Gasteiger partial charge < -0.3 is 15.5 Å². The molecule has 2 heterocycles. The number of thiazole rings is 1. The molecular weight excluding hydrogens is 418 g/mol. The molecule has 5 rings (SSSR count). The van der Waals surface area contributed by atoms with Crippen LogP contribution in [0, 0.1) is 11.8 Å². The first kappa shape index (κ1) is 23.2. The number of aldehydes is 1. The Hall–Kier alpha value is -1.96. The van der Waals surface area contributed by atoms with Crippen molar-refractivity contribution in [1.29, 1.82) is 0 Å². The second kappa shape index (κ2) is 10.8. The van der Waals surface area contributed by atoms with Crippen molar-refractivity contribution in [3.63, 3.8) is 0 Å². The van der Waals surface area contributed by atoms with Crippen molar-refractivity contribution in [2.75, 3.05) is 13.6 Å². The van der Waals surface area contributed by atoms with Gasteiger partial charge in [0.05, 0.1) is 16.3 Å². The van der Waals surface area contributed by atoms with Crippen LogP contribution in [0.5, 0.6) is 0 Å². The van der Waals surface area contributed by atoms with Crippen LogP contribution < -0.4 is 11.6 Å². The van der Waals surface area contributed by atoms with E-state index in [9.17, 15) is 4.79 Å². The summed E-state index contributed by atoms with van der Waals surface area (Å²) in [6.07, 6.45) is 13.5. The molecule has 2 aliphatic carbocycles. The maximum Gasteiger partial charge on any atom is 0.144 e. The van der Waals surface area contributed by atoms with Crippen molar-refractivity contribution in [1.82, 2.24) is 14.9 Å². The Balaban J connectivity index is 0.000000154. The summed E-state index contributed by atoms with van der Waals surface area (Å²) in [6, 6.07) is 8.76. The fourth-order valence-electron chi connectivity index (χ4n) is 4.94. The zero-order chi connectivity index (χ0) is 22.5. The fourth-order valence-corrected chi connectivity index (χ4v) is 6.10. The lowest BCUT2D eigenvalue weighted by molar-refractivity contribution is -0.113. The molecule has 0 bridgehead atoms. The minimum absolute atomic E-state index is 0.201. The number of aromatic nitrogens is 1. The van der Waals surface area contributed by atoms with E-state index in [1.54, 1.807) is 6.20 Å².